The van der Waals surface area contributed by atoms with Gasteiger partial charge in [-0.1, -0.05) is 31.5 Å². The van der Waals surface area contributed by atoms with Crippen LogP contribution < -0.4 is 4.74 Å². The molecule has 1 aromatic carbocycles. The summed E-state index contributed by atoms with van der Waals surface area (Å²) in [5.74, 6) is 0.973. The molecule has 1 aromatic rings. The third-order valence-corrected chi connectivity index (χ3v) is 1.51. The zero-order valence-corrected chi connectivity index (χ0v) is 9.73. The Hall–Kier alpha value is -2.22. The van der Waals surface area contributed by atoms with E-state index in [2.05, 4.69) is 6.92 Å². The average molecular weight is 236 g/mol. The van der Waals surface area contributed by atoms with Crippen molar-refractivity contribution in [2.45, 2.75) is 19.8 Å². The summed E-state index contributed by atoms with van der Waals surface area (Å²) < 4.78 is 5.45. The molecule has 0 aliphatic heterocycles. The molecule has 0 saturated carbocycles. The van der Waals surface area contributed by atoms with Gasteiger partial charge in [-0.3, -0.25) is 0 Å². The second-order valence-corrected chi connectivity index (χ2v) is 2.72. The van der Waals surface area contributed by atoms with Gasteiger partial charge in [0.05, 0.1) is 6.61 Å². The van der Waals surface area contributed by atoms with Gasteiger partial charge in [-0.25, -0.2) is 20.4 Å². The fourth-order valence-corrected chi connectivity index (χ4v) is 0.851. The molecule has 0 radical (unpaired) electrons. The maximum absolute atomic E-state index is 8.35. The molecule has 5 heteroatoms. The fraction of sp³-hybridized carbons (Fsp3) is 0.333. The number of para-hydroxylation sites is 1. The van der Waals surface area contributed by atoms with Gasteiger partial charge in [0.25, 0.3) is 0 Å². The Bertz CT molecular complexity index is 315. The van der Waals surface area contributed by atoms with Gasteiger partial charge in [0.15, 0.2) is 0 Å². The Balaban J connectivity index is 0. The van der Waals surface area contributed by atoms with Gasteiger partial charge in [0.2, 0.25) is 12.2 Å². The molecule has 92 valence electrons. The molecule has 0 spiro atoms. The molecular weight excluding hydrogens is 220 g/mol. The normalized spacial score (nSPS) is 7.12. The average Bonchev–Trinajstić information content (AvgIpc) is 2.33. The number of unbranched alkanes of at least 4 members (excludes halogenated alkanes) is 1. The highest BCUT2D eigenvalue weighted by molar-refractivity contribution is 5.26. The maximum Gasteiger partial charge on any atom is 0.231 e. The number of hydrogen-bond donors (Lipinski definition) is 2. The number of ether oxygens (including phenoxy) is 1. The van der Waals surface area contributed by atoms with E-state index in [1.54, 1.807) is 0 Å². The van der Waals surface area contributed by atoms with E-state index in [0.29, 0.717) is 0 Å². The SMILES string of the molecule is CCCCOc1ccccc1.N=C=O.N=C=O. The largest absolute Gasteiger partial charge is 0.494 e. The quantitative estimate of drug-likeness (QED) is 0.478. The molecule has 0 aromatic heterocycles. The van der Waals surface area contributed by atoms with Crippen LogP contribution in [-0.2, 0) is 9.59 Å². The Morgan fingerprint density at radius 3 is 2.00 bits per heavy atom. The minimum absolute atomic E-state index is 0.750. The molecule has 0 heterocycles. The predicted octanol–water partition coefficient (Wildman–Crippen LogP) is 2.67. The lowest BCUT2D eigenvalue weighted by molar-refractivity contribution is 0.309. The zero-order chi connectivity index (χ0) is 13.4. The standard InChI is InChI=1S/C10H14O.2CHNO/c1-2-3-9-11-10-7-5-4-6-8-10;2*2-1-3/h4-8H,2-3,9H2,1H3;2*2H. The number of carbonyl (C=O) groups excluding carboxylic acids is 2. The van der Waals surface area contributed by atoms with Crippen LogP contribution >= 0.6 is 0 Å². The van der Waals surface area contributed by atoms with Crippen LogP contribution in [0.5, 0.6) is 5.75 Å². The van der Waals surface area contributed by atoms with Crippen LogP contribution in [0.1, 0.15) is 19.8 Å². The first-order chi connectivity index (χ1) is 8.26. The first-order valence-electron chi connectivity index (χ1n) is 5.02. The lowest BCUT2D eigenvalue weighted by atomic mass is 10.3. The summed E-state index contributed by atoms with van der Waals surface area (Å²) in [4.78, 5) is 16.7. The number of rotatable bonds is 4. The van der Waals surface area contributed by atoms with E-state index in [9.17, 15) is 0 Å². The highest BCUT2D eigenvalue weighted by Gasteiger charge is 1.88. The second kappa shape index (κ2) is 16.2. The smallest absolute Gasteiger partial charge is 0.231 e. The molecule has 0 saturated heterocycles. The van der Waals surface area contributed by atoms with Crippen LogP contribution in [0.2, 0.25) is 0 Å². The molecule has 5 nitrogen and oxygen atoms in total. The fourth-order valence-electron chi connectivity index (χ4n) is 0.851. The number of benzene rings is 1. The first kappa shape index (κ1) is 17.2. The van der Waals surface area contributed by atoms with Gasteiger partial charge >= 0.3 is 0 Å². The van der Waals surface area contributed by atoms with Crippen LogP contribution in [0.25, 0.3) is 0 Å². The molecule has 0 aliphatic rings. The van der Waals surface area contributed by atoms with Crippen molar-refractivity contribution >= 4 is 12.2 Å². The summed E-state index contributed by atoms with van der Waals surface area (Å²) in [6.45, 7) is 2.99. The van der Waals surface area contributed by atoms with E-state index >= 15 is 0 Å². The summed E-state index contributed by atoms with van der Waals surface area (Å²) in [7, 11) is 0. The Labute approximate surface area is 100 Å². The predicted molar refractivity (Wildman–Crippen MR) is 63.7 cm³/mol. The Morgan fingerprint density at radius 1 is 1.12 bits per heavy atom. The molecule has 2 N–H and O–H groups in total. The summed E-state index contributed by atoms with van der Waals surface area (Å²) in [6, 6.07) is 9.93. The highest BCUT2D eigenvalue weighted by atomic mass is 16.5. The van der Waals surface area contributed by atoms with Crippen molar-refractivity contribution < 1.29 is 14.3 Å². The third kappa shape index (κ3) is 16.5. The van der Waals surface area contributed by atoms with Gasteiger partial charge in [0.1, 0.15) is 5.75 Å². The minimum Gasteiger partial charge on any atom is -0.494 e. The molecule has 17 heavy (non-hydrogen) atoms. The van der Waals surface area contributed by atoms with E-state index in [-0.39, 0.29) is 0 Å². The van der Waals surface area contributed by atoms with Crippen molar-refractivity contribution in [1.29, 1.82) is 10.8 Å². The van der Waals surface area contributed by atoms with E-state index in [1.807, 2.05) is 30.3 Å². The van der Waals surface area contributed by atoms with Gasteiger partial charge in [-0.05, 0) is 18.6 Å². The van der Waals surface area contributed by atoms with Gasteiger partial charge in [-0.2, -0.15) is 0 Å². The highest BCUT2D eigenvalue weighted by Crippen LogP contribution is 2.08. The van der Waals surface area contributed by atoms with E-state index in [1.165, 1.54) is 6.42 Å². The van der Waals surface area contributed by atoms with Crippen molar-refractivity contribution in [3.63, 3.8) is 0 Å². The number of isocyanates is 2. The summed E-state index contributed by atoms with van der Waals surface area (Å²) in [5, 5.41) is 10.8. The summed E-state index contributed by atoms with van der Waals surface area (Å²) in [6.07, 6.45) is 3.82. The molecular formula is C12H16N2O3. The van der Waals surface area contributed by atoms with Crippen LogP contribution in [0.3, 0.4) is 0 Å². The van der Waals surface area contributed by atoms with Gasteiger partial charge in [0, 0.05) is 0 Å². The molecule has 0 aliphatic carbocycles. The first-order valence-corrected chi connectivity index (χ1v) is 5.02. The van der Waals surface area contributed by atoms with Crippen molar-refractivity contribution in [2.75, 3.05) is 6.61 Å². The number of nitrogens with one attached hydrogen (secondary N) is 2. The molecule has 0 atom stereocenters. The van der Waals surface area contributed by atoms with E-state index in [4.69, 9.17) is 25.1 Å². The van der Waals surface area contributed by atoms with Crippen LogP contribution in [-0.4, -0.2) is 18.8 Å². The van der Waals surface area contributed by atoms with Crippen LogP contribution in [0.15, 0.2) is 30.3 Å². The number of hydrogen-bond acceptors (Lipinski definition) is 5. The summed E-state index contributed by atoms with van der Waals surface area (Å²) in [5.41, 5.74) is 0. The molecule has 0 fully saturated rings. The lowest BCUT2D eigenvalue weighted by Crippen LogP contribution is -1.95. The molecule has 0 amide bonds. The topological polar surface area (TPSA) is 91.1 Å². The molecule has 0 unspecified atom stereocenters. The monoisotopic (exact) mass is 236 g/mol. The van der Waals surface area contributed by atoms with Crippen molar-refractivity contribution in [2.24, 2.45) is 0 Å². The van der Waals surface area contributed by atoms with Crippen LogP contribution in [0, 0.1) is 10.8 Å². The molecule has 0 bridgehead atoms. The maximum atomic E-state index is 8.35. The van der Waals surface area contributed by atoms with Gasteiger partial charge in [-0.15, -0.1) is 0 Å². The van der Waals surface area contributed by atoms with E-state index < -0.39 is 0 Å². The minimum atomic E-state index is 0.750. The summed E-state index contributed by atoms with van der Waals surface area (Å²) >= 11 is 0. The van der Waals surface area contributed by atoms with Crippen LogP contribution in [0.4, 0.5) is 0 Å². The Morgan fingerprint density at radius 2 is 1.59 bits per heavy atom. The zero-order valence-electron chi connectivity index (χ0n) is 9.73. The van der Waals surface area contributed by atoms with Crippen molar-refractivity contribution in [1.82, 2.24) is 0 Å². The molecule has 1 rings (SSSR count). The van der Waals surface area contributed by atoms with Gasteiger partial charge < -0.3 is 4.74 Å². The van der Waals surface area contributed by atoms with Crippen molar-refractivity contribution in [3.8, 4) is 5.75 Å². The third-order valence-electron chi connectivity index (χ3n) is 1.51. The second-order valence-electron chi connectivity index (χ2n) is 2.72. The van der Waals surface area contributed by atoms with E-state index in [0.717, 1.165) is 30.9 Å². The Kier molecular flexibility index (Phi) is 16.4. The lowest BCUT2D eigenvalue weighted by Gasteiger charge is -2.03. The van der Waals surface area contributed by atoms with Crippen molar-refractivity contribution in [3.05, 3.63) is 30.3 Å².